The van der Waals surface area contributed by atoms with E-state index in [-0.39, 0.29) is 5.56 Å². The van der Waals surface area contributed by atoms with E-state index in [0.717, 1.165) is 24.8 Å². The van der Waals surface area contributed by atoms with Gasteiger partial charge in [0.25, 0.3) is 5.56 Å². The van der Waals surface area contributed by atoms with Crippen molar-refractivity contribution in [2.75, 3.05) is 25.0 Å². The van der Waals surface area contributed by atoms with Crippen molar-refractivity contribution in [2.45, 2.75) is 18.9 Å². The van der Waals surface area contributed by atoms with Crippen molar-refractivity contribution < 1.29 is 0 Å². The Balaban J connectivity index is 1.56. The van der Waals surface area contributed by atoms with Crippen LogP contribution in [-0.2, 0) is 0 Å². The van der Waals surface area contributed by atoms with Crippen LogP contribution in [0.1, 0.15) is 24.4 Å². The molecule has 7 heteroatoms. The van der Waals surface area contributed by atoms with Crippen molar-refractivity contribution in [2.24, 2.45) is 0 Å². The number of fused-ring (bicyclic) bond motifs is 1. The molecule has 0 unspecified atom stereocenters. The van der Waals surface area contributed by atoms with E-state index in [1.54, 1.807) is 0 Å². The van der Waals surface area contributed by atoms with Crippen molar-refractivity contribution in [3.05, 3.63) is 58.5 Å². The van der Waals surface area contributed by atoms with Crippen LogP contribution in [0.15, 0.2) is 47.4 Å². The van der Waals surface area contributed by atoms with Crippen LogP contribution in [-0.4, -0.2) is 39.1 Å². The van der Waals surface area contributed by atoms with Crippen molar-refractivity contribution in [1.29, 1.82) is 0 Å². The Morgan fingerprint density at radius 1 is 1.17 bits per heavy atom. The number of likely N-dealkylation sites (tertiary alicyclic amines) is 1. The summed E-state index contributed by atoms with van der Waals surface area (Å²) in [4.78, 5) is 19.1. The summed E-state index contributed by atoms with van der Waals surface area (Å²) in [6.07, 6.45) is 4.03. The summed E-state index contributed by atoms with van der Waals surface area (Å²) >= 11 is 1.40. The molecule has 3 aromatic rings. The van der Waals surface area contributed by atoms with Gasteiger partial charge in [-0.05, 0) is 31.5 Å². The molecule has 2 aromatic heterocycles. The summed E-state index contributed by atoms with van der Waals surface area (Å²) in [5, 5.41) is 8.47. The molecule has 24 heavy (non-hydrogen) atoms. The van der Waals surface area contributed by atoms with Gasteiger partial charge in [0.1, 0.15) is 0 Å². The fourth-order valence-corrected chi connectivity index (χ4v) is 3.97. The molecule has 0 saturated carbocycles. The first-order chi connectivity index (χ1) is 11.8. The van der Waals surface area contributed by atoms with E-state index in [4.69, 9.17) is 0 Å². The quantitative estimate of drug-likeness (QED) is 0.772. The van der Waals surface area contributed by atoms with Crippen LogP contribution in [0.3, 0.4) is 0 Å². The number of nitrogens with one attached hydrogen (secondary N) is 1. The predicted octanol–water partition coefficient (Wildman–Crippen LogP) is 2.40. The third-order valence-corrected chi connectivity index (χ3v) is 5.26. The van der Waals surface area contributed by atoms with Gasteiger partial charge >= 0.3 is 0 Å². The van der Waals surface area contributed by atoms with Crippen LogP contribution in [0, 0.1) is 0 Å². The molecule has 6 nitrogen and oxygen atoms in total. The summed E-state index contributed by atoms with van der Waals surface area (Å²) in [5.74, 6) is 0. The molecule has 124 valence electrons. The van der Waals surface area contributed by atoms with Gasteiger partial charge in [-0.25, -0.2) is 4.98 Å². The number of aromatic nitrogens is 3. The number of hydrogen-bond acceptors (Lipinski definition) is 6. The number of nitrogens with zero attached hydrogens (tertiary/aromatic N) is 4. The molecule has 3 heterocycles. The van der Waals surface area contributed by atoms with Crippen LogP contribution in [0.25, 0.3) is 4.96 Å². The van der Waals surface area contributed by atoms with Crippen LogP contribution >= 0.6 is 11.3 Å². The highest BCUT2D eigenvalue weighted by Crippen LogP contribution is 2.26. The maximum Gasteiger partial charge on any atom is 0.275 e. The monoisotopic (exact) mass is 341 g/mol. The van der Waals surface area contributed by atoms with E-state index >= 15 is 0 Å². The second kappa shape index (κ2) is 6.70. The fourth-order valence-electron chi connectivity index (χ4n) is 3.19. The zero-order valence-electron chi connectivity index (χ0n) is 13.3. The molecule has 0 bridgehead atoms. The van der Waals surface area contributed by atoms with Crippen molar-refractivity contribution in [3.63, 3.8) is 0 Å². The molecule has 4 rings (SSSR count). The predicted molar refractivity (Wildman–Crippen MR) is 95.6 cm³/mol. The molecule has 1 N–H and O–H groups in total. The molecule has 1 aliphatic rings. The Hall–Kier alpha value is -2.25. The molecule has 0 amide bonds. The molecular weight excluding hydrogens is 322 g/mol. The minimum absolute atomic E-state index is 0.150. The SMILES string of the molecule is O=c1ccnc2sc(NC[C@@H](c3ccccc3)N3CCCC3)nn12. The molecule has 0 radical (unpaired) electrons. The van der Waals surface area contributed by atoms with Crippen LogP contribution in [0.2, 0.25) is 0 Å². The summed E-state index contributed by atoms with van der Waals surface area (Å²) in [6, 6.07) is 12.3. The highest BCUT2D eigenvalue weighted by atomic mass is 32.1. The summed E-state index contributed by atoms with van der Waals surface area (Å²) in [5.41, 5.74) is 1.16. The number of rotatable bonds is 5. The zero-order chi connectivity index (χ0) is 16.4. The molecular formula is C17H19N5OS. The molecule has 0 aliphatic carbocycles. The van der Waals surface area contributed by atoms with Gasteiger partial charge in [0.15, 0.2) is 0 Å². The molecule has 1 saturated heterocycles. The Kier molecular flexibility index (Phi) is 4.27. The minimum Gasteiger partial charge on any atom is -0.358 e. The number of anilines is 1. The first-order valence-electron chi connectivity index (χ1n) is 8.19. The lowest BCUT2D eigenvalue weighted by molar-refractivity contribution is 0.256. The van der Waals surface area contributed by atoms with Gasteiger partial charge in [-0.3, -0.25) is 9.69 Å². The molecule has 0 spiro atoms. The Labute approximate surface area is 143 Å². The zero-order valence-corrected chi connectivity index (χ0v) is 14.1. The third kappa shape index (κ3) is 3.05. The lowest BCUT2D eigenvalue weighted by Gasteiger charge is -2.28. The summed E-state index contributed by atoms with van der Waals surface area (Å²) in [7, 11) is 0. The maximum atomic E-state index is 11.8. The van der Waals surface area contributed by atoms with Gasteiger partial charge in [-0.15, -0.1) is 5.10 Å². The summed E-state index contributed by atoms with van der Waals surface area (Å²) < 4.78 is 1.35. The van der Waals surface area contributed by atoms with Crippen molar-refractivity contribution in [1.82, 2.24) is 19.5 Å². The van der Waals surface area contributed by atoms with Crippen LogP contribution in [0.4, 0.5) is 5.13 Å². The smallest absolute Gasteiger partial charge is 0.275 e. The average molecular weight is 341 g/mol. The number of hydrogen-bond donors (Lipinski definition) is 1. The Morgan fingerprint density at radius 2 is 1.96 bits per heavy atom. The van der Waals surface area contributed by atoms with Crippen LogP contribution < -0.4 is 10.9 Å². The molecule has 1 fully saturated rings. The molecule has 1 atom stereocenters. The van der Waals surface area contributed by atoms with Gasteiger partial charge < -0.3 is 5.32 Å². The van der Waals surface area contributed by atoms with E-state index in [0.29, 0.717) is 11.0 Å². The van der Waals surface area contributed by atoms with E-state index in [1.165, 1.54) is 46.5 Å². The van der Waals surface area contributed by atoms with E-state index in [9.17, 15) is 4.79 Å². The number of benzene rings is 1. The topological polar surface area (TPSA) is 62.5 Å². The Morgan fingerprint density at radius 3 is 2.71 bits per heavy atom. The second-order valence-corrected chi connectivity index (χ2v) is 6.89. The standard InChI is InChI=1S/C17H19N5OS/c23-15-8-9-18-17-22(15)20-16(24-17)19-12-14(21-10-4-5-11-21)13-6-2-1-3-7-13/h1-3,6-9,14H,4-5,10-12H2,(H,19,20)/t14-/m0/s1. The van der Waals surface area contributed by atoms with E-state index in [1.807, 2.05) is 6.07 Å². The Bertz CT molecular complexity index is 869. The first-order valence-corrected chi connectivity index (χ1v) is 9.01. The fraction of sp³-hybridized carbons (Fsp3) is 0.353. The van der Waals surface area contributed by atoms with E-state index in [2.05, 4.69) is 44.6 Å². The van der Waals surface area contributed by atoms with Gasteiger partial charge in [0.2, 0.25) is 10.1 Å². The van der Waals surface area contributed by atoms with Crippen molar-refractivity contribution in [3.8, 4) is 0 Å². The van der Waals surface area contributed by atoms with Crippen LogP contribution in [0.5, 0.6) is 0 Å². The minimum atomic E-state index is -0.150. The summed E-state index contributed by atoms with van der Waals surface area (Å²) in [6.45, 7) is 3.02. The highest BCUT2D eigenvalue weighted by molar-refractivity contribution is 7.20. The maximum absolute atomic E-state index is 11.8. The first kappa shape index (κ1) is 15.3. The van der Waals surface area contributed by atoms with Gasteiger partial charge in [-0.2, -0.15) is 4.52 Å². The molecule has 1 aliphatic heterocycles. The van der Waals surface area contributed by atoms with Crippen molar-refractivity contribution >= 4 is 21.4 Å². The normalized spacial score (nSPS) is 16.5. The van der Waals surface area contributed by atoms with Gasteiger partial charge in [0.05, 0.1) is 6.04 Å². The average Bonchev–Trinajstić information content (AvgIpc) is 3.26. The third-order valence-electron chi connectivity index (χ3n) is 4.38. The van der Waals surface area contributed by atoms with Gasteiger partial charge in [0, 0.05) is 18.8 Å². The largest absolute Gasteiger partial charge is 0.358 e. The lowest BCUT2D eigenvalue weighted by Crippen LogP contribution is -2.31. The van der Waals surface area contributed by atoms with Gasteiger partial charge in [-0.1, -0.05) is 41.7 Å². The lowest BCUT2D eigenvalue weighted by atomic mass is 10.1. The van der Waals surface area contributed by atoms with E-state index < -0.39 is 0 Å². The highest BCUT2D eigenvalue weighted by Gasteiger charge is 2.23. The second-order valence-electron chi connectivity index (χ2n) is 5.94. The molecule has 1 aromatic carbocycles.